The number of carbonyl (C=O) groups excluding carboxylic acids is 1. The molecule has 1 aliphatic heterocycles. The van der Waals surface area contributed by atoms with Gasteiger partial charge in [-0.25, -0.2) is 4.79 Å². The SMILES string of the molecule is COc1cc(OC)cc(O[C@H](C(=O)O)[C@]2(c3ccccc3)c3cc(OC)c(OC)cc3CCN2C(C)=O)c1. The maximum absolute atomic E-state index is 13.2. The van der Waals surface area contributed by atoms with E-state index in [0.29, 0.717) is 40.5 Å². The molecule has 0 spiro atoms. The number of methoxy groups -OCH3 is 4. The lowest BCUT2D eigenvalue weighted by Gasteiger charge is -2.50. The first-order valence-electron chi connectivity index (χ1n) is 12.0. The fourth-order valence-corrected chi connectivity index (χ4v) is 5.18. The van der Waals surface area contributed by atoms with Gasteiger partial charge < -0.3 is 33.7 Å². The van der Waals surface area contributed by atoms with E-state index in [2.05, 4.69) is 0 Å². The van der Waals surface area contributed by atoms with Crippen LogP contribution in [0.5, 0.6) is 28.7 Å². The van der Waals surface area contributed by atoms with Gasteiger partial charge in [-0.1, -0.05) is 30.3 Å². The lowest BCUT2D eigenvalue weighted by Crippen LogP contribution is -2.63. The molecule has 1 heterocycles. The van der Waals surface area contributed by atoms with Gasteiger partial charge >= 0.3 is 5.97 Å². The summed E-state index contributed by atoms with van der Waals surface area (Å²) >= 11 is 0. The second kappa shape index (κ2) is 10.9. The number of ether oxygens (including phenoxy) is 5. The third kappa shape index (κ3) is 4.55. The van der Waals surface area contributed by atoms with Crippen molar-refractivity contribution in [2.45, 2.75) is 25.0 Å². The normalized spacial score (nSPS) is 17.1. The number of benzene rings is 3. The Hall–Kier alpha value is -4.40. The molecule has 0 fully saturated rings. The van der Waals surface area contributed by atoms with Crippen LogP contribution in [0.25, 0.3) is 0 Å². The number of carboxylic acids is 1. The molecule has 2 atom stereocenters. The molecule has 9 heteroatoms. The molecule has 1 aliphatic rings. The highest BCUT2D eigenvalue weighted by Gasteiger charge is 2.56. The van der Waals surface area contributed by atoms with Crippen LogP contribution in [0.3, 0.4) is 0 Å². The second-order valence-electron chi connectivity index (χ2n) is 8.80. The second-order valence-corrected chi connectivity index (χ2v) is 8.80. The molecule has 3 aromatic rings. The van der Waals surface area contributed by atoms with Gasteiger partial charge in [0.05, 0.1) is 28.4 Å². The van der Waals surface area contributed by atoms with E-state index < -0.39 is 17.6 Å². The maximum Gasteiger partial charge on any atom is 0.348 e. The molecular formula is C29H31NO8. The molecule has 0 aliphatic carbocycles. The molecule has 0 aromatic heterocycles. The first-order chi connectivity index (χ1) is 18.3. The van der Waals surface area contributed by atoms with Crippen molar-refractivity contribution >= 4 is 11.9 Å². The summed E-state index contributed by atoms with van der Waals surface area (Å²) < 4.78 is 28.1. The zero-order valence-corrected chi connectivity index (χ0v) is 22.0. The highest BCUT2D eigenvalue weighted by molar-refractivity contribution is 5.83. The van der Waals surface area contributed by atoms with Crippen LogP contribution in [0.15, 0.2) is 60.7 Å². The van der Waals surface area contributed by atoms with Gasteiger partial charge in [-0.3, -0.25) is 4.79 Å². The Morgan fingerprint density at radius 3 is 1.95 bits per heavy atom. The van der Waals surface area contributed by atoms with Gasteiger partial charge in [0.25, 0.3) is 0 Å². The summed E-state index contributed by atoms with van der Waals surface area (Å²) in [4.78, 5) is 28.0. The van der Waals surface area contributed by atoms with Crippen molar-refractivity contribution in [3.63, 3.8) is 0 Å². The number of carboxylic acid groups (broad SMARTS) is 1. The number of aliphatic carboxylic acids is 1. The molecular weight excluding hydrogens is 490 g/mol. The largest absolute Gasteiger partial charge is 0.496 e. The monoisotopic (exact) mass is 521 g/mol. The van der Waals surface area contributed by atoms with Crippen molar-refractivity contribution in [2.75, 3.05) is 35.0 Å². The van der Waals surface area contributed by atoms with Crippen LogP contribution in [0.1, 0.15) is 23.6 Å². The molecule has 38 heavy (non-hydrogen) atoms. The van der Waals surface area contributed by atoms with Crippen LogP contribution >= 0.6 is 0 Å². The topological polar surface area (TPSA) is 104 Å². The molecule has 9 nitrogen and oxygen atoms in total. The zero-order chi connectivity index (χ0) is 27.4. The summed E-state index contributed by atoms with van der Waals surface area (Å²) in [5, 5.41) is 10.7. The van der Waals surface area contributed by atoms with Crippen LogP contribution in [0.4, 0.5) is 0 Å². The Labute approximate surface area is 221 Å². The van der Waals surface area contributed by atoms with Crippen LogP contribution in [0.2, 0.25) is 0 Å². The van der Waals surface area contributed by atoms with Gasteiger partial charge in [-0.05, 0) is 35.2 Å². The standard InChI is InChI=1S/C29H31NO8/c1-18(31)30-12-11-19-13-25(36-4)26(37-5)17-24(19)29(30,20-9-7-6-8-10-20)27(28(32)33)38-23-15-21(34-2)14-22(16-23)35-3/h6-10,13-17,27H,11-12H2,1-5H3,(H,32,33)/t27-,29+/m1/s1. The van der Waals surface area contributed by atoms with Crippen LogP contribution in [0, 0.1) is 0 Å². The van der Waals surface area contributed by atoms with Gasteiger partial charge in [-0.15, -0.1) is 0 Å². The Morgan fingerprint density at radius 2 is 1.42 bits per heavy atom. The summed E-state index contributed by atoms with van der Waals surface area (Å²) in [7, 11) is 6.03. The van der Waals surface area contributed by atoms with Crippen molar-refractivity contribution in [1.82, 2.24) is 4.90 Å². The number of amides is 1. The number of fused-ring (bicyclic) bond motifs is 1. The fourth-order valence-electron chi connectivity index (χ4n) is 5.18. The Balaban J connectivity index is 2.06. The van der Waals surface area contributed by atoms with Gasteiger partial charge in [0.1, 0.15) is 22.8 Å². The van der Waals surface area contributed by atoms with Crippen molar-refractivity contribution in [3.8, 4) is 28.7 Å². The molecule has 1 amide bonds. The van der Waals surface area contributed by atoms with Crippen molar-refractivity contribution < 1.29 is 38.4 Å². The van der Waals surface area contributed by atoms with E-state index in [1.54, 1.807) is 60.5 Å². The molecule has 200 valence electrons. The minimum Gasteiger partial charge on any atom is -0.496 e. The quantitative estimate of drug-likeness (QED) is 0.452. The van der Waals surface area contributed by atoms with E-state index in [9.17, 15) is 14.7 Å². The lowest BCUT2D eigenvalue weighted by atomic mass is 9.71. The molecule has 3 aromatic carbocycles. The number of nitrogens with zero attached hydrogens (tertiary/aromatic N) is 1. The van der Waals surface area contributed by atoms with Crippen LogP contribution in [-0.2, 0) is 21.5 Å². The number of carbonyl (C=O) groups is 2. The summed E-state index contributed by atoms with van der Waals surface area (Å²) in [6, 6.07) is 17.4. The first-order valence-corrected chi connectivity index (χ1v) is 12.0. The van der Waals surface area contributed by atoms with E-state index in [4.69, 9.17) is 23.7 Å². The highest BCUT2D eigenvalue weighted by Crippen LogP contribution is 2.48. The van der Waals surface area contributed by atoms with Crippen molar-refractivity contribution in [2.24, 2.45) is 0 Å². The molecule has 4 rings (SSSR count). The molecule has 0 unspecified atom stereocenters. The van der Waals surface area contributed by atoms with E-state index in [1.165, 1.54) is 28.3 Å². The fraction of sp³-hybridized carbons (Fsp3) is 0.310. The average Bonchev–Trinajstić information content (AvgIpc) is 2.94. The Kier molecular flexibility index (Phi) is 7.66. The lowest BCUT2D eigenvalue weighted by molar-refractivity contribution is -0.157. The first kappa shape index (κ1) is 26.7. The van der Waals surface area contributed by atoms with Crippen LogP contribution < -0.4 is 23.7 Å². The van der Waals surface area contributed by atoms with Gasteiger partial charge in [-0.2, -0.15) is 0 Å². The van der Waals surface area contributed by atoms with Crippen molar-refractivity contribution in [3.05, 3.63) is 77.4 Å². The number of rotatable bonds is 9. The highest BCUT2D eigenvalue weighted by atomic mass is 16.5. The summed E-state index contributed by atoms with van der Waals surface area (Å²) in [6.45, 7) is 1.69. The smallest absolute Gasteiger partial charge is 0.348 e. The third-order valence-corrected chi connectivity index (χ3v) is 6.83. The summed E-state index contributed by atoms with van der Waals surface area (Å²) in [5.74, 6) is 0.420. The summed E-state index contributed by atoms with van der Waals surface area (Å²) in [6.07, 6.45) is -1.08. The van der Waals surface area contributed by atoms with E-state index >= 15 is 0 Å². The van der Waals surface area contributed by atoms with Gasteiger partial charge in [0.2, 0.25) is 12.0 Å². The van der Waals surface area contributed by atoms with E-state index in [0.717, 1.165) is 5.56 Å². The van der Waals surface area contributed by atoms with Gasteiger partial charge in [0.15, 0.2) is 11.5 Å². The van der Waals surface area contributed by atoms with E-state index in [-0.39, 0.29) is 18.2 Å². The minimum absolute atomic E-state index is 0.208. The third-order valence-electron chi connectivity index (χ3n) is 6.83. The zero-order valence-electron chi connectivity index (χ0n) is 22.0. The molecule has 0 saturated heterocycles. The average molecular weight is 522 g/mol. The predicted octanol–water partition coefficient (Wildman–Crippen LogP) is 3.90. The number of hydrogen-bond acceptors (Lipinski definition) is 7. The predicted molar refractivity (Wildman–Crippen MR) is 139 cm³/mol. The molecule has 0 bridgehead atoms. The molecule has 1 N–H and O–H groups in total. The molecule has 0 radical (unpaired) electrons. The number of hydrogen-bond donors (Lipinski definition) is 1. The molecule has 0 saturated carbocycles. The Bertz CT molecular complexity index is 1300. The summed E-state index contributed by atoms with van der Waals surface area (Å²) in [5.41, 5.74) is 0.417. The minimum atomic E-state index is -1.57. The van der Waals surface area contributed by atoms with E-state index in [1.807, 2.05) is 12.1 Å². The van der Waals surface area contributed by atoms with Gasteiger partial charge in [0, 0.05) is 31.7 Å². The maximum atomic E-state index is 13.2. The van der Waals surface area contributed by atoms with Crippen molar-refractivity contribution in [1.29, 1.82) is 0 Å². The Morgan fingerprint density at radius 1 is 0.842 bits per heavy atom. The van der Waals surface area contributed by atoms with Crippen LogP contribution in [-0.4, -0.2) is 63.0 Å².